The van der Waals surface area contributed by atoms with E-state index in [4.69, 9.17) is 5.84 Å². The molecule has 0 fully saturated rings. The van der Waals surface area contributed by atoms with Crippen molar-refractivity contribution in [2.24, 2.45) is 10.8 Å². The zero-order chi connectivity index (χ0) is 13.7. The third-order valence-corrected chi connectivity index (χ3v) is 2.59. The second-order valence-electron chi connectivity index (χ2n) is 4.00. The highest BCUT2D eigenvalue weighted by Crippen LogP contribution is 2.22. The lowest BCUT2D eigenvalue weighted by Crippen LogP contribution is -2.36. The first-order chi connectivity index (χ1) is 9.20. The summed E-state index contributed by atoms with van der Waals surface area (Å²) in [6.45, 7) is 1.79. The Morgan fingerprint density at radius 2 is 1.84 bits per heavy atom. The Morgan fingerprint density at radius 1 is 1.11 bits per heavy atom. The van der Waals surface area contributed by atoms with E-state index in [9.17, 15) is 4.39 Å². The van der Waals surface area contributed by atoms with Gasteiger partial charge in [0.15, 0.2) is 0 Å². The molecular weight excluding hydrogens is 243 g/mol. The molecule has 0 bridgehead atoms. The Bertz CT molecular complexity index is 561. The maximum Gasteiger partial charge on any atom is 0.215 e. The van der Waals surface area contributed by atoms with Crippen molar-refractivity contribution in [2.75, 3.05) is 5.32 Å². The molecule has 0 unspecified atom stereocenters. The van der Waals surface area contributed by atoms with Crippen molar-refractivity contribution in [3.63, 3.8) is 0 Å². The highest BCUT2D eigenvalue weighted by molar-refractivity contribution is 5.95. The number of nitrogens with two attached hydrogens (primary N) is 1. The number of rotatable bonds is 2. The molecule has 19 heavy (non-hydrogen) atoms. The van der Waals surface area contributed by atoms with Crippen LogP contribution in [0.5, 0.6) is 0 Å². The van der Waals surface area contributed by atoms with Gasteiger partial charge in [0, 0.05) is 5.69 Å². The van der Waals surface area contributed by atoms with Crippen molar-refractivity contribution in [2.45, 2.75) is 6.92 Å². The van der Waals surface area contributed by atoms with Gasteiger partial charge < -0.3 is 5.32 Å². The van der Waals surface area contributed by atoms with E-state index in [2.05, 4.69) is 15.7 Å². The maximum atomic E-state index is 13.7. The molecule has 2 aromatic carbocycles. The number of hydrogen-bond acceptors (Lipinski definition) is 2. The molecule has 4 nitrogen and oxygen atoms in total. The minimum absolute atomic E-state index is 0.263. The molecule has 0 amide bonds. The second kappa shape index (κ2) is 5.97. The molecule has 0 radical (unpaired) electrons. The molecule has 0 atom stereocenters. The largest absolute Gasteiger partial charge is 0.325 e. The smallest absolute Gasteiger partial charge is 0.215 e. The molecule has 98 valence electrons. The number of benzene rings is 2. The molecule has 0 aliphatic heterocycles. The molecule has 0 heterocycles. The number of halogens is 1. The standard InChI is InChI=1S/C14H15FN4/c1-10-6-5-9-12(15)13(10)18-14(19-16)17-11-7-3-2-4-8-11/h2-9H,16H2,1H3,(H2,17,18,19). The lowest BCUT2D eigenvalue weighted by molar-refractivity contribution is 0.628. The quantitative estimate of drug-likeness (QED) is 0.336. The molecule has 0 aliphatic carbocycles. The summed E-state index contributed by atoms with van der Waals surface area (Å²) in [5.74, 6) is 5.29. The Hall–Kier alpha value is -2.40. The van der Waals surface area contributed by atoms with Crippen LogP contribution in [0.4, 0.5) is 15.8 Å². The summed E-state index contributed by atoms with van der Waals surface area (Å²) in [5, 5.41) is 2.98. The minimum Gasteiger partial charge on any atom is -0.325 e. The highest BCUT2D eigenvalue weighted by atomic mass is 19.1. The monoisotopic (exact) mass is 258 g/mol. The van der Waals surface area contributed by atoms with Gasteiger partial charge in [-0.05, 0) is 30.7 Å². The van der Waals surface area contributed by atoms with E-state index in [1.807, 2.05) is 30.3 Å². The van der Waals surface area contributed by atoms with Crippen LogP contribution in [-0.4, -0.2) is 5.96 Å². The van der Waals surface area contributed by atoms with Crippen LogP contribution in [0.3, 0.4) is 0 Å². The van der Waals surface area contributed by atoms with Gasteiger partial charge in [-0.1, -0.05) is 30.3 Å². The molecule has 4 N–H and O–H groups in total. The number of nitrogens with zero attached hydrogens (tertiary/aromatic N) is 1. The van der Waals surface area contributed by atoms with E-state index in [-0.39, 0.29) is 17.5 Å². The number of nitrogens with one attached hydrogen (secondary N) is 2. The van der Waals surface area contributed by atoms with E-state index in [0.717, 1.165) is 11.3 Å². The summed E-state index contributed by atoms with van der Waals surface area (Å²) in [5.41, 5.74) is 4.24. The van der Waals surface area contributed by atoms with Crippen molar-refractivity contribution < 1.29 is 4.39 Å². The molecular formula is C14H15FN4. The van der Waals surface area contributed by atoms with Crippen LogP contribution in [0.15, 0.2) is 53.5 Å². The summed E-state index contributed by atoms with van der Waals surface area (Å²) in [6.07, 6.45) is 0. The molecule has 5 heteroatoms. The van der Waals surface area contributed by atoms with Crippen molar-refractivity contribution in [3.8, 4) is 0 Å². The van der Waals surface area contributed by atoms with Crippen molar-refractivity contribution in [3.05, 3.63) is 59.9 Å². The Labute approximate surface area is 111 Å². The van der Waals surface area contributed by atoms with Gasteiger partial charge in [-0.25, -0.2) is 15.2 Å². The highest BCUT2D eigenvalue weighted by Gasteiger charge is 2.05. The third kappa shape index (κ3) is 3.29. The van der Waals surface area contributed by atoms with Gasteiger partial charge in [0.1, 0.15) is 11.5 Å². The third-order valence-electron chi connectivity index (χ3n) is 2.59. The topological polar surface area (TPSA) is 62.4 Å². The predicted molar refractivity (Wildman–Crippen MR) is 75.6 cm³/mol. The first kappa shape index (κ1) is 13.0. The predicted octanol–water partition coefficient (Wildman–Crippen LogP) is 2.70. The number of aliphatic imine (C=N–C) groups is 1. The van der Waals surface area contributed by atoms with Gasteiger partial charge >= 0.3 is 0 Å². The molecule has 2 aromatic rings. The van der Waals surface area contributed by atoms with Gasteiger partial charge in [0.2, 0.25) is 5.96 Å². The van der Waals surface area contributed by atoms with Crippen molar-refractivity contribution in [1.29, 1.82) is 0 Å². The second-order valence-corrected chi connectivity index (χ2v) is 4.00. The average molecular weight is 258 g/mol. The summed E-state index contributed by atoms with van der Waals surface area (Å²) < 4.78 is 13.7. The fourth-order valence-corrected chi connectivity index (χ4v) is 1.63. The summed E-state index contributed by atoms with van der Waals surface area (Å²) in [4.78, 5) is 4.17. The van der Waals surface area contributed by atoms with E-state index < -0.39 is 0 Å². The normalized spacial score (nSPS) is 11.2. The summed E-state index contributed by atoms with van der Waals surface area (Å²) in [7, 11) is 0. The van der Waals surface area contributed by atoms with Gasteiger partial charge in [-0.2, -0.15) is 0 Å². The van der Waals surface area contributed by atoms with Crippen LogP contribution >= 0.6 is 0 Å². The Kier molecular flexibility index (Phi) is 4.10. The zero-order valence-electron chi connectivity index (χ0n) is 10.5. The minimum atomic E-state index is -0.386. The molecule has 0 saturated carbocycles. The Morgan fingerprint density at radius 3 is 2.47 bits per heavy atom. The number of aryl methyl sites for hydroxylation is 1. The molecule has 2 rings (SSSR count). The number of guanidine groups is 1. The first-order valence-electron chi connectivity index (χ1n) is 5.83. The van der Waals surface area contributed by atoms with E-state index in [1.165, 1.54) is 6.07 Å². The number of hydrogen-bond donors (Lipinski definition) is 3. The maximum absolute atomic E-state index is 13.7. The van der Waals surface area contributed by atoms with E-state index in [1.54, 1.807) is 19.1 Å². The summed E-state index contributed by atoms with van der Waals surface area (Å²) in [6, 6.07) is 14.2. The van der Waals surface area contributed by atoms with Crippen molar-refractivity contribution in [1.82, 2.24) is 5.43 Å². The van der Waals surface area contributed by atoms with E-state index in [0.29, 0.717) is 0 Å². The van der Waals surface area contributed by atoms with Crippen LogP contribution in [-0.2, 0) is 0 Å². The number of anilines is 1. The Balaban J connectivity index is 2.29. The molecule has 0 saturated heterocycles. The van der Waals surface area contributed by atoms with Gasteiger partial charge in [-0.3, -0.25) is 5.43 Å². The van der Waals surface area contributed by atoms with Gasteiger partial charge in [-0.15, -0.1) is 0 Å². The fourth-order valence-electron chi connectivity index (χ4n) is 1.63. The summed E-state index contributed by atoms with van der Waals surface area (Å²) >= 11 is 0. The SMILES string of the molecule is Cc1cccc(F)c1N=C(NN)Nc1ccccc1. The van der Waals surface area contributed by atoms with Crippen LogP contribution in [0.2, 0.25) is 0 Å². The number of para-hydroxylation sites is 2. The molecule has 0 aliphatic rings. The zero-order valence-corrected chi connectivity index (χ0v) is 10.5. The van der Waals surface area contributed by atoms with Gasteiger partial charge in [0.25, 0.3) is 0 Å². The van der Waals surface area contributed by atoms with Crippen LogP contribution in [0, 0.1) is 12.7 Å². The molecule has 0 spiro atoms. The molecule has 0 aromatic heterocycles. The van der Waals surface area contributed by atoms with Gasteiger partial charge in [0.05, 0.1) is 0 Å². The number of hydrazine groups is 1. The first-order valence-corrected chi connectivity index (χ1v) is 5.83. The van der Waals surface area contributed by atoms with Crippen LogP contribution in [0.25, 0.3) is 0 Å². The van der Waals surface area contributed by atoms with Crippen LogP contribution in [0.1, 0.15) is 5.56 Å². The average Bonchev–Trinajstić information content (AvgIpc) is 2.43. The van der Waals surface area contributed by atoms with Crippen LogP contribution < -0.4 is 16.6 Å². The van der Waals surface area contributed by atoms with Crippen molar-refractivity contribution >= 4 is 17.3 Å². The fraction of sp³-hybridized carbons (Fsp3) is 0.0714. The lowest BCUT2D eigenvalue weighted by atomic mass is 10.2. The lowest BCUT2D eigenvalue weighted by Gasteiger charge is -2.10. The van der Waals surface area contributed by atoms with E-state index >= 15 is 0 Å².